The first kappa shape index (κ1) is 7.82. The van der Waals surface area contributed by atoms with E-state index in [-0.39, 0.29) is 7.43 Å². The molecule has 9 heavy (non-hydrogen) atoms. The Kier molecular flexibility index (Phi) is 3.28. The molecule has 48 valence electrons. The lowest BCUT2D eigenvalue weighted by molar-refractivity contribution is -0.378. The van der Waals surface area contributed by atoms with E-state index in [1.54, 1.807) is 24.5 Å². The number of aromatic nitrogens is 1. The molecule has 0 radical (unpaired) electrons. The first-order chi connectivity index (χ1) is 3.93. The van der Waals surface area contributed by atoms with Gasteiger partial charge in [0.15, 0.2) is 18.7 Å². The van der Waals surface area contributed by atoms with Gasteiger partial charge in [0, 0.05) is 17.7 Å². The van der Waals surface area contributed by atoms with Gasteiger partial charge in [0.2, 0.25) is 0 Å². The smallest absolute Gasteiger partial charge is 0.167 e. The van der Waals surface area contributed by atoms with Crippen LogP contribution in [0.1, 0.15) is 17.8 Å². The van der Waals surface area contributed by atoms with Gasteiger partial charge in [-0.05, 0) is 0 Å². The van der Waals surface area contributed by atoms with Crippen LogP contribution >= 0.6 is 0 Å². The van der Waals surface area contributed by atoms with Crippen LogP contribution in [0.4, 0.5) is 0 Å². The number of nitrogens with one attached hydrogen (secondary N) is 1. The zero-order valence-corrected chi connectivity index (χ0v) is 4.29. The molecule has 0 saturated carbocycles. The summed E-state index contributed by atoms with van der Waals surface area (Å²) in [7, 11) is 0. The fourth-order valence-corrected chi connectivity index (χ4v) is 0.478. The largest absolute Gasteiger partial charge is 0.298 e. The lowest BCUT2D eigenvalue weighted by Crippen LogP contribution is -1.97. The van der Waals surface area contributed by atoms with Gasteiger partial charge in [-0.25, -0.2) is 4.98 Å². The van der Waals surface area contributed by atoms with Crippen LogP contribution in [0.25, 0.3) is 0 Å². The molecular weight excluding hydrogens is 114 g/mol. The van der Waals surface area contributed by atoms with Gasteiger partial charge in [-0.3, -0.25) is 4.79 Å². The number of rotatable bonds is 1. The van der Waals surface area contributed by atoms with Crippen molar-refractivity contribution in [3.05, 3.63) is 30.1 Å². The summed E-state index contributed by atoms with van der Waals surface area (Å²) in [6, 6.07) is 3.43. The molecule has 1 N–H and O–H groups in total. The Bertz CT molecular complexity index is 172. The number of aldehydes is 1. The molecule has 0 aromatic carbocycles. The second-order valence-corrected chi connectivity index (χ2v) is 1.45. The third-order valence-corrected chi connectivity index (χ3v) is 0.880. The molecular formula is C7H10NO+. The lowest BCUT2D eigenvalue weighted by Gasteiger charge is -1.76. The van der Waals surface area contributed by atoms with Crippen LogP contribution in [-0.2, 0) is 0 Å². The molecule has 0 spiro atoms. The molecule has 0 aliphatic rings. The molecule has 0 fully saturated rings. The number of hydrogen-bond donors (Lipinski definition) is 0. The summed E-state index contributed by atoms with van der Waals surface area (Å²) < 4.78 is 0. The molecule has 0 saturated heterocycles. The number of H-pyrrole nitrogens is 1. The molecule has 0 aliphatic carbocycles. The van der Waals surface area contributed by atoms with Gasteiger partial charge in [-0.1, -0.05) is 7.43 Å². The monoisotopic (exact) mass is 124 g/mol. The Morgan fingerprint density at radius 1 is 1.33 bits per heavy atom. The average Bonchev–Trinajstić information content (AvgIpc) is 1.90. The van der Waals surface area contributed by atoms with Crippen molar-refractivity contribution in [1.82, 2.24) is 0 Å². The predicted molar refractivity (Wildman–Crippen MR) is 35.1 cm³/mol. The Hall–Kier alpha value is -1.18. The minimum atomic E-state index is 0. The third-order valence-electron chi connectivity index (χ3n) is 0.880. The zero-order chi connectivity index (χ0) is 5.82. The van der Waals surface area contributed by atoms with Crippen LogP contribution in [-0.4, -0.2) is 6.29 Å². The van der Waals surface area contributed by atoms with Gasteiger partial charge in [-0.15, -0.1) is 0 Å². The normalized spacial score (nSPS) is 7.56. The van der Waals surface area contributed by atoms with Crippen molar-refractivity contribution in [2.75, 3.05) is 0 Å². The summed E-state index contributed by atoms with van der Waals surface area (Å²) in [6.07, 6.45) is 4.24. The predicted octanol–water partition coefficient (Wildman–Crippen LogP) is 0.949. The lowest BCUT2D eigenvalue weighted by atomic mass is 10.3. The molecule has 0 unspecified atom stereocenters. The Morgan fingerprint density at radius 2 is 1.89 bits per heavy atom. The number of aromatic amines is 1. The van der Waals surface area contributed by atoms with E-state index < -0.39 is 0 Å². The first-order valence-corrected chi connectivity index (χ1v) is 2.35. The van der Waals surface area contributed by atoms with Crippen molar-refractivity contribution < 1.29 is 9.78 Å². The molecule has 1 rings (SSSR count). The minimum absolute atomic E-state index is 0. The molecule has 1 heterocycles. The Labute approximate surface area is 54.5 Å². The summed E-state index contributed by atoms with van der Waals surface area (Å²) in [5.74, 6) is 0. The fourth-order valence-electron chi connectivity index (χ4n) is 0.478. The van der Waals surface area contributed by atoms with Gasteiger partial charge in [0.1, 0.15) is 0 Å². The van der Waals surface area contributed by atoms with E-state index in [0.29, 0.717) is 5.56 Å². The van der Waals surface area contributed by atoms with E-state index in [9.17, 15) is 4.79 Å². The molecule has 2 heteroatoms. The van der Waals surface area contributed by atoms with Gasteiger partial charge in [0.25, 0.3) is 0 Å². The average molecular weight is 124 g/mol. The molecule has 0 atom stereocenters. The van der Waals surface area contributed by atoms with Crippen molar-refractivity contribution in [3.63, 3.8) is 0 Å². The molecule has 1 aromatic rings. The van der Waals surface area contributed by atoms with Crippen molar-refractivity contribution in [3.8, 4) is 0 Å². The summed E-state index contributed by atoms with van der Waals surface area (Å²) >= 11 is 0. The van der Waals surface area contributed by atoms with Crippen molar-refractivity contribution in [2.45, 2.75) is 7.43 Å². The molecule has 0 amide bonds. The zero-order valence-electron chi connectivity index (χ0n) is 4.29. The van der Waals surface area contributed by atoms with E-state index in [2.05, 4.69) is 4.98 Å². The van der Waals surface area contributed by atoms with Gasteiger partial charge >= 0.3 is 0 Å². The van der Waals surface area contributed by atoms with E-state index >= 15 is 0 Å². The topological polar surface area (TPSA) is 31.2 Å². The van der Waals surface area contributed by atoms with Crippen molar-refractivity contribution in [2.24, 2.45) is 0 Å². The first-order valence-electron chi connectivity index (χ1n) is 2.35. The van der Waals surface area contributed by atoms with Crippen LogP contribution in [0, 0.1) is 0 Å². The highest BCUT2D eigenvalue weighted by molar-refractivity contribution is 5.73. The van der Waals surface area contributed by atoms with Crippen LogP contribution < -0.4 is 4.98 Å². The molecule has 0 aliphatic heterocycles. The van der Waals surface area contributed by atoms with Crippen LogP contribution in [0.2, 0.25) is 0 Å². The third kappa shape index (κ3) is 2.04. The Balaban J connectivity index is 0.000000640. The van der Waals surface area contributed by atoms with Crippen LogP contribution in [0.15, 0.2) is 24.5 Å². The van der Waals surface area contributed by atoms with Crippen LogP contribution in [0.5, 0.6) is 0 Å². The van der Waals surface area contributed by atoms with Crippen molar-refractivity contribution >= 4 is 6.29 Å². The maximum atomic E-state index is 9.99. The number of pyridine rings is 1. The summed E-state index contributed by atoms with van der Waals surface area (Å²) in [5.41, 5.74) is 0.698. The quantitative estimate of drug-likeness (QED) is 0.513. The van der Waals surface area contributed by atoms with Gasteiger partial charge < -0.3 is 0 Å². The standard InChI is InChI=1S/C6H5NO.CH4/c8-5-6-1-3-7-4-2-6;/h1-5H;1H4/p+1. The second-order valence-electron chi connectivity index (χ2n) is 1.45. The summed E-state index contributed by atoms with van der Waals surface area (Å²) in [4.78, 5) is 12.8. The summed E-state index contributed by atoms with van der Waals surface area (Å²) in [5, 5.41) is 0. The van der Waals surface area contributed by atoms with Crippen LogP contribution in [0.3, 0.4) is 0 Å². The maximum Gasteiger partial charge on any atom is 0.167 e. The van der Waals surface area contributed by atoms with E-state index in [4.69, 9.17) is 0 Å². The number of carbonyl (C=O) groups is 1. The minimum Gasteiger partial charge on any atom is -0.298 e. The number of hydrogen-bond acceptors (Lipinski definition) is 1. The SMILES string of the molecule is C.O=Cc1cc[nH+]cc1. The molecule has 2 nitrogen and oxygen atoms in total. The van der Waals surface area contributed by atoms with E-state index in [1.165, 1.54) is 0 Å². The van der Waals surface area contributed by atoms with Gasteiger partial charge in [-0.2, -0.15) is 0 Å². The second kappa shape index (κ2) is 3.78. The fraction of sp³-hybridized carbons (Fsp3) is 0.143. The maximum absolute atomic E-state index is 9.99. The van der Waals surface area contributed by atoms with Gasteiger partial charge in [0.05, 0.1) is 0 Å². The van der Waals surface area contributed by atoms with E-state index in [1.807, 2.05) is 0 Å². The highest BCUT2D eigenvalue weighted by atomic mass is 16.1. The van der Waals surface area contributed by atoms with Crippen molar-refractivity contribution in [1.29, 1.82) is 0 Å². The highest BCUT2D eigenvalue weighted by Crippen LogP contribution is 1.85. The molecule has 1 aromatic heterocycles. The molecule has 0 bridgehead atoms. The number of carbonyl (C=O) groups excluding carboxylic acids is 1. The van der Waals surface area contributed by atoms with E-state index in [0.717, 1.165) is 6.29 Å². The highest BCUT2D eigenvalue weighted by Gasteiger charge is 1.85. The Morgan fingerprint density at radius 3 is 2.22 bits per heavy atom. The summed E-state index contributed by atoms with van der Waals surface area (Å²) in [6.45, 7) is 0.